The van der Waals surface area contributed by atoms with Crippen molar-refractivity contribution in [3.63, 3.8) is 0 Å². The highest BCUT2D eigenvalue weighted by molar-refractivity contribution is 8.00. The number of ether oxygens (including phenoxy) is 1. The zero-order valence-corrected chi connectivity index (χ0v) is 13.0. The molecule has 1 heterocycles. The Morgan fingerprint density at radius 2 is 2.35 bits per heavy atom. The van der Waals surface area contributed by atoms with Gasteiger partial charge in [-0.2, -0.15) is 11.8 Å². The minimum atomic E-state index is -0.127. The van der Waals surface area contributed by atoms with Crippen LogP contribution in [0.15, 0.2) is 18.2 Å². The van der Waals surface area contributed by atoms with E-state index in [0.717, 1.165) is 36.6 Å². The number of nitrogens with zero attached hydrogens (tertiary/aromatic N) is 1. The summed E-state index contributed by atoms with van der Waals surface area (Å²) in [5.41, 5.74) is 1.80. The van der Waals surface area contributed by atoms with Crippen molar-refractivity contribution in [2.75, 3.05) is 44.0 Å². The van der Waals surface area contributed by atoms with Gasteiger partial charge in [0.1, 0.15) is 5.82 Å². The van der Waals surface area contributed by atoms with Gasteiger partial charge in [0.2, 0.25) is 0 Å². The zero-order chi connectivity index (χ0) is 14.4. The molecule has 0 saturated carbocycles. The first kappa shape index (κ1) is 15.6. The number of benzene rings is 1. The van der Waals surface area contributed by atoms with Gasteiger partial charge in [0.05, 0.1) is 6.61 Å². The second-order valence-electron chi connectivity index (χ2n) is 5.03. The average molecular weight is 298 g/mol. The van der Waals surface area contributed by atoms with Crippen LogP contribution in [0.1, 0.15) is 12.5 Å². The van der Waals surface area contributed by atoms with Crippen LogP contribution in [0.5, 0.6) is 0 Å². The van der Waals surface area contributed by atoms with Crippen LogP contribution in [0.3, 0.4) is 0 Å². The van der Waals surface area contributed by atoms with E-state index in [4.69, 9.17) is 4.74 Å². The van der Waals surface area contributed by atoms with E-state index in [1.807, 2.05) is 17.8 Å². The molecule has 0 amide bonds. The average Bonchev–Trinajstić information content (AvgIpc) is 2.45. The van der Waals surface area contributed by atoms with E-state index in [2.05, 4.69) is 17.1 Å². The van der Waals surface area contributed by atoms with E-state index in [1.54, 1.807) is 19.2 Å². The predicted octanol–water partition coefficient (Wildman–Crippen LogP) is 2.50. The number of hydrogen-bond donors (Lipinski definition) is 1. The van der Waals surface area contributed by atoms with Gasteiger partial charge in [-0.05, 0) is 12.1 Å². The molecule has 5 heteroatoms. The molecule has 1 atom stereocenters. The number of halogens is 1. The number of hydrogen-bond acceptors (Lipinski definition) is 4. The fourth-order valence-corrected chi connectivity index (χ4v) is 3.46. The summed E-state index contributed by atoms with van der Waals surface area (Å²) in [6, 6.07) is 5.37. The van der Waals surface area contributed by atoms with E-state index < -0.39 is 0 Å². The van der Waals surface area contributed by atoms with Crippen LogP contribution in [0.25, 0.3) is 0 Å². The lowest BCUT2D eigenvalue weighted by Gasteiger charge is -2.34. The Hall–Kier alpha value is -0.780. The summed E-state index contributed by atoms with van der Waals surface area (Å²) in [6.45, 7) is 6.12. The van der Waals surface area contributed by atoms with E-state index >= 15 is 0 Å². The molecule has 1 N–H and O–H groups in total. The smallest absolute Gasteiger partial charge is 0.129 e. The summed E-state index contributed by atoms with van der Waals surface area (Å²) < 4.78 is 19.1. The third kappa shape index (κ3) is 4.11. The fraction of sp³-hybridized carbons (Fsp3) is 0.600. The second kappa shape index (κ2) is 7.86. The van der Waals surface area contributed by atoms with Crippen LogP contribution < -0.4 is 10.2 Å². The maximum Gasteiger partial charge on any atom is 0.129 e. The molecule has 0 aliphatic carbocycles. The molecule has 0 spiro atoms. The molecule has 20 heavy (non-hydrogen) atoms. The van der Waals surface area contributed by atoms with Crippen molar-refractivity contribution >= 4 is 17.4 Å². The third-order valence-electron chi connectivity index (χ3n) is 3.46. The lowest BCUT2D eigenvalue weighted by atomic mass is 10.1. The van der Waals surface area contributed by atoms with Crippen LogP contribution in [-0.4, -0.2) is 44.4 Å². The van der Waals surface area contributed by atoms with Gasteiger partial charge in [-0.25, -0.2) is 4.39 Å². The Labute approximate surface area is 124 Å². The molecule has 1 unspecified atom stereocenters. The van der Waals surface area contributed by atoms with Gasteiger partial charge in [0.15, 0.2) is 0 Å². The van der Waals surface area contributed by atoms with E-state index in [9.17, 15) is 4.39 Å². The molecule has 1 aliphatic heterocycles. The standard InChI is InChI=1S/C15H23FN2OS/c1-12-11-18(7-9-20-12)15-5-3-4-14(16)13(15)10-17-6-8-19-2/h3-5,12,17H,6-11H2,1-2H3. The molecule has 2 rings (SSSR count). The van der Waals surface area contributed by atoms with Gasteiger partial charge >= 0.3 is 0 Å². The molecule has 0 aromatic heterocycles. The summed E-state index contributed by atoms with van der Waals surface area (Å²) in [4.78, 5) is 2.30. The predicted molar refractivity (Wildman–Crippen MR) is 84.1 cm³/mol. The fourth-order valence-electron chi connectivity index (χ4n) is 2.44. The summed E-state index contributed by atoms with van der Waals surface area (Å²) >= 11 is 1.98. The molecule has 1 aromatic rings. The van der Waals surface area contributed by atoms with Crippen LogP contribution in [0.4, 0.5) is 10.1 Å². The number of anilines is 1. The summed E-state index contributed by atoms with van der Waals surface area (Å²) in [7, 11) is 1.67. The zero-order valence-electron chi connectivity index (χ0n) is 12.2. The van der Waals surface area contributed by atoms with E-state index in [1.165, 1.54) is 0 Å². The first-order chi connectivity index (χ1) is 9.72. The molecule has 0 radical (unpaired) electrons. The molecule has 3 nitrogen and oxygen atoms in total. The first-order valence-corrected chi connectivity index (χ1v) is 8.11. The Kier molecular flexibility index (Phi) is 6.13. The molecule has 1 aromatic carbocycles. The maximum atomic E-state index is 14.1. The summed E-state index contributed by atoms with van der Waals surface area (Å²) in [5, 5.41) is 3.84. The lowest BCUT2D eigenvalue weighted by Crippen LogP contribution is -2.37. The molecule has 1 fully saturated rings. The number of methoxy groups -OCH3 is 1. The van der Waals surface area contributed by atoms with Crippen molar-refractivity contribution in [2.45, 2.75) is 18.7 Å². The van der Waals surface area contributed by atoms with Crippen molar-refractivity contribution in [1.82, 2.24) is 5.32 Å². The first-order valence-electron chi connectivity index (χ1n) is 7.06. The normalized spacial score (nSPS) is 19.4. The SMILES string of the molecule is COCCNCc1c(F)cccc1N1CCSC(C)C1. The summed E-state index contributed by atoms with van der Waals surface area (Å²) in [5.74, 6) is 0.979. The largest absolute Gasteiger partial charge is 0.383 e. The molecule has 1 aliphatic rings. The van der Waals surface area contributed by atoms with Crippen LogP contribution in [0.2, 0.25) is 0 Å². The summed E-state index contributed by atoms with van der Waals surface area (Å²) in [6.07, 6.45) is 0. The van der Waals surface area contributed by atoms with E-state index in [0.29, 0.717) is 18.4 Å². The van der Waals surface area contributed by atoms with Crippen LogP contribution >= 0.6 is 11.8 Å². The van der Waals surface area contributed by atoms with Gasteiger partial charge in [-0.3, -0.25) is 0 Å². The number of thioether (sulfide) groups is 1. The van der Waals surface area contributed by atoms with Crippen LogP contribution in [-0.2, 0) is 11.3 Å². The van der Waals surface area contributed by atoms with Crippen molar-refractivity contribution in [3.05, 3.63) is 29.6 Å². The van der Waals surface area contributed by atoms with Gasteiger partial charge in [-0.1, -0.05) is 13.0 Å². The minimum absolute atomic E-state index is 0.127. The van der Waals surface area contributed by atoms with Gasteiger partial charge in [0.25, 0.3) is 0 Å². The van der Waals surface area contributed by atoms with Crippen molar-refractivity contribution < 1.29 is 9.13 Å². The van der Waals surface area contributed by atoms with Crippen molar-refractivity contribution in [3.8, 4) is 0 Å². The highest BCUT2D eigenvalue weighted by Crippen LogP contribution is 2.28. The molecular formula is C15H23FN2OS. The highest BCUT2D eigenvalue weighted by atomic mass is 32.2. The minimum Gasteiger partial charge on any atom is -0.383 e. The Morgan fingerprint density at radius 3 is 3.10 bits per heavy atom. The molecular weight excluding hydrogens is 275 g/mol. The quantitative estimate of drug-likeness (QED) is 0.816. The van der Waals surface area contributed by atoms with Gasteiger partial charge in [0, 0.05) is 55.5 Å². The Balaban J connectivity index is 2.09. The molecule has 0 bridgehead atoms. The Morgan fingerprint density at radius 1 is 1.50 bits per heavy atom. The Bertz CT molecular complexity index is 430. The van der Waals surface area contributed by atoms with Crippen molar-refractivity contribution in [2.24, 2.45) is 0 Å². The van der Waals surface area contributed by atoms with E-state index in [-0.39, 0.29) is 5.82 Å². The monoisotopic (exact) mass is 298 g/mol. The number of nitrogens with one attached hydrogen (secondary N) is 1. The highest BCUT2D eigenvalue weighted by Gasteiger charge is 2.20. The lowest BCUT2D eigenvalue weighted by molar-refractivity contribution is 0.199. The van der Waals surface area contributed by atoms with Crippen molar-refractivity contribution in [1.29, 1.82) is 0 Å². The number of rotatable bonds is 6. The van der Waals surface area contributed by atoms with Gasteiger partial charge in [-0.15, -0.1) is 0 Å². The molecule has 1 saturated heterocycles. The second-order valence-corrected chi connectivity index (χ2v) is 6.58. The molecule has 112 valence electrons. The maximum absolute atomic E-state index is 14.1. The van der Waals surface area contributed by atoms with Gasteiger partial charge < -0.3 is 15.0 Å². The topological polar surface area (TPSA) is 24.5 Å². The van der Waals surface area contributed by atoms with Crippen LogP contribution in [0, 0.1) is 5.82 Å². The third-order valence-corrected chi connectivity index (χ3v) is 4.60.